The average Bonchev–Trinajstić information content (AvgIpc) is 2.10. The van der Waals surface area contributed by atoms with Gasteiger partial charge in [0.2, 0.25) is 0 Å². The Balaban J connectivity index is 3.45. The van der Waals surface area contributed by atoms with E-state index in [0.717, 1.165) is 0 Å². The zero-order valence-electron chi connectivity index (χ0n) is 8.03. The zero-order valence-corrected chi connectivity index (χ0v) is 8.03. The lowest BCUT2D eigenvalue weighted by Crippen LogP contribution is -2.36. The van der Waals surface area contributed by atoms with Gasteiger partial charge in [-0.2, -0.15) is 0 Å². The van der Waals surface area contributed by atoms with Crippen molar-refractivity contribution in [1.82, 2.24) is 0 Å². The van der Waals surface area contributed by atoms with Crippen LogP contribution in [-0.4, -0.2) is 43.0 Å². The molecule has 13 heavy (non-hydrogen) atoms. The van der Waals surface area contributed by atoms with Crippen LogP contribution in [-0.2, 0) is 14.3 Å². The second-order valence-electron chi connectivity index (χ2n) is 2.75. The van der Waals surface area contributed by atoms with Crippen LogP contribution in [0.25, 0.3) is 0 Å². The molecule has 0 radical (unpaired) electrons. The third kappa shape index (κ3) is 6.51. The van der Waals surface area contributed by atoms with Crippen molar-refractivity contribution in [3.8, 4) is 0 Å². The van der Waals surface area contributed by atoms with Gasteiger partial charge in [0, 0.05) is 6.61 Å². The minimum atomic E-state index is -1.05. The van der Waals surface area contributed by atoms with Crippen molar-refractivity contribution < 1.29 is 19.4 Å². The normalized spacial score (nSPS) is 15.3. The highest BCUT2D eigenvalue weighted by Crippen LogP contribution is 1.93. The summed E-state index contributed by atoms with van der Waals surface area (Å²) in [4.78, 5) is 10.3. The van der Waals surface area contributed by atoms with Crippen molar-refractivity contribution in [2.24, 2.45) is 5.73 Å². The molecule has 0 bridgehead atoms. The summed E-state index contributed by atoms with van der Waals surface area (Å²) in [5.74, 6) is -1.05. The number of nitrogens with two attached hydrogens (primary N) is 1. The Morgan fingerprint density at radius 2 is 2.15 bits per heavy atom. The van der Waals surface area contributed by atoms with Gasteiger partial charge in [-0.3, -0.25) is 4.79 Å². The van der Waals surface area contributed by atoms with E-state index in [4.69, 9.17) is 20.3 Å². The van der Waals surface area contributed by atoms with E-state index in [2.05, 4.69) is 0 Å². The lowest BCUT2D eigenvalue weighted by atomic mass is 10.3. The molecule has 5 heteroatoms. The second kappa shape index (κ2) is 6.82. The molecule has 0 saturated heterocycles. The molecule has 0 amide bonds. The number of carbonyl (C=O) groups is 1. The minimum absolute atomic E-state index is 0.0174. The summed E-state index contributed by atoms with van der Waals surface area (Å²) >= 11 is 0. The Morgan fingerprint density at radius 1 is 1.54 bits per heavy atom. The highest BCUT2D eigenvalue weighted by Gasteiger charge is 2.13. The summed E-state index contributed by atoms with van der Waals surface area (Å²) < 4.78 is 10.2. The van der Waals surface area contributed by atoms with Crippen LogP contribution < -0.4 is 5.73 Å². The van der Waals surface area contributed by atoms with Gasteiger partial charge < -0.3 is 20.3 Å². The van der Waals surface area contributed by atoms with Crippen molar-refractivity contribution >= 4 is 5.97 Å². The predicted molar refractivity (Wildman–Crippen MR) is 47.5 cm³/mol. The molecule has 0 rings (SSSR count). The van der Waals surface area contributed by atoms with Crippen molar-refractivity contribution in [1.29, 1.82) is 0 Å². The van der Waals surface area contributed by atoms with Gasteiger partial charge in [0.1, 0.15) is 6.04 Å². The summed E-state index contributed by atoms with van der Waals surface area (Å²) in [6.45, 7) is 4.80. The van der Waals surface area contributed by atoms with E-state index in [0.29, 0.717) is 13.2 Å². The molecule has 0 aromatic heterocycles. The SMILES string of the molecule is CCOCC(C)OCC(N)C(=O)O. The zero-order chi connectivity index (χ0) is 10.3. The molecule has 0 spiro atoms. The lowest BCUT2D eigenvalue weighted by molar-refractivity contribution is -0.140. The second-order valence-corrected chi connectivity index (χ2v) is 2.75. The van der Waals surface area contributed by atoms with Gasteiger partial charge in [-0.05, 0) is 13.8 Å². The largest absolute Gasteiger partial charge is 0.480 e. The molecule has 0 fully saturated rings. The number of carboxylic acids is 1. The molecule has 78 valence electrons. The number of rotatable bonds is 7. The number of carboxylic acid groups (broad SMARTS) is 1. The first-order chi connectivity index (χ1) is 6.07. The molecule has 3 N–H and O–H groups in total. The predicted octanol–water partition coefficient (Wildman–Crippen LogP) is -0.160. The van der Waals surface area contributed by atoms with Crippen LogP contribution in [0, 0.1) is 0 Å². The lowest BCUT2D eigenvalue weighted by Gasteiger charge is -2.14. The minimum Gasteiger partial charge on any atom is -0.480 e. The summed E-state index contributed by atoms with van der Waals surface area (Å²) in [7, 11) is 0. The van der Waals surface area contributed by atoms with Crippen LogP contribution in [0.15, 0.2) is 0 Å². The number of ether oxygens (including phenoxy) is 2. The van der Waals surface area contributed by atoms with E-state index in [-0.39, 0.29) is 12.7 Å². The molecule has 0 aromatic rings. The molecule has 0 aliphatic rings. The first-order valence-corrected chi connectivity index (χ1v) is 4.25. The topological polar surface area (TPSA) is 81.8 Å². The number of hydrogen-bond acceptors (Lipinski definition) is 4. The van der Waals surface area contributed by atoms with Gasteiger partial charge in [0.15, 0.2) is 0 Å². The summed E-state index contributed by atoms with van der Waals surface area (Å²) in [5, 5.41) is 8.43. The van der Waals surface area contributed by atoms with Gasteiger partial charge in [0.25, 0.3) is 0 Å². The van der Waals surface area contributed by atoms with E-state index >= 15 is 0 Å². The molecule has 0 aliphatic heterocycles. The third-order valence-electron chi connectivity index (χ3n) is 1.43. The first-order valence-electron chi connectivity index (χ1n) is 4.25. The van der Waals surface area contributed by atoms with E-state index in [9.17, 15) is 4.79 Å². The third-order valence-corrected chi connectivity index (χ3v) is 1.43. The molecular weight excluding hydrogens is 174 g/mol. The van der Waals surface area contributed by atoms with Crippen LogP contribution >= 0.6 is 0 Å². The van der Waals surface area contributed by atoms with Gasteiger partial charge in [0.05, 0.1) is 19.3 Å². The molecule has 2 atom stereocenters. The number of hydrogen-bond donors (Lipinski definition) is 2. The molecule has 0 heterocycles. The highest BCUT2D eigenvalue weighted by atomic mass is 16.5. The van der Waals surface area contributed by atoms with Gasteiger partial charge >= 0.3 is 5.97 Å². The Labute approximate surface area is 77.8 Å². The fourth-order valence-electron chi connectivity index (χ4n) is 0.671. The Kier molecular flexibility index (Phi) is 6.48. The summed E-state index contributed by atoms with van der Waals surface area (Å²) in [5.41, 5.74) is 5.23. The average molecular weight is 191 g/mol. The quantitative estimate of drug-likeness (QED) is 0.584. The van der Waals surface area contributed by atoms with Gasteiger partial charge in [-0.25, -0.2) is 0 Å². The van der Waals surface area contributed by atoms with E-state index < -0.39 is 12.0 Å². The molecule has 0 aromatic carbocycles. The van der Waals surface area contributed by atoms with E-state index in [1.54, 1.807) is 0 Å². The maximum atomic E-state index is 10.3. The van der Waals surface area contributed by atoms with Crippen LogP contribution in [0.2, 0.25) is 0 Å². The van der Waals surface area contributed by atoms with Crippen molar-refractivity contribution in [3.63, 3.8) is 0 Å². The van der Waals surface area contributed by atoms with Crippen LogP contribution in [0.5, 0.6) is 0 Å². The van der Waals surface area contributed by atoms with Crippen molar-refractivity contribution in [2.75, 3.05) is 19.8 Å². The molecule has 0 aliphatic carbocycles. The summed E-state index contributed by atoms with van der Waals surface area (Å²) in [6, 6.07) is -0.955. The van der Waals surface area contributed by atoms with Crippen molar-refractivity contribution in [3.05, 3.63) is 0 Å². The molecular formula is C8H17NO4. The Bertz CT molecular complexity index is 151. The first kappa shape index (κ1) is 12.3. The van der Waals surface area contributed by atoms with Crippen LogP contribution in [0.3, 0.4) is 0 Å². The monoisotopic (exact) mass is 191 g/mol. The van der Waals surface area contributed by atoms with Gasteiger partial charge in [-0.15, -0.1) is 0 Å². The van der Waals surface area contributed by atoms with E-state index in [1.807, 2.05) is 13.8 Å². The number of aliphatic carboxylic acids is 1. The fraction of sp³-hybridized carbons (Fsp3) is 0.875. The van der Waals surface area contributed by atoms with Crippen LogP contribution in [0.1, 0.15) is 13.8 Å². The standard InChI is InChI=1S/C8H17NO4/c1-3-12-4-6(2)13-5-7(9)8(10)11/h6-7H,3-5,9H2,1-2H3,(H,10,11). The van der Waals surface area contributed by atoms with Crippen molar-refractivity contribution in [2.45, 2.75) is 26.0 Å². The summed E-state index contributed by atoms with van der Waals surface area (Å²) in [6.07, 6.45) is -0.120. The Hall–Kier alpha value is -0.650. The molecule has 0 saturated carbocycles. The van der Waals surface area contributed by atoms with Gasteiger partial charge in [-0.1, -0.05) is 0 Å². The van der Waals surface area contributed by atoms with E-state index in [1.165, 1.54) is 0 Å². The maximum absolute atomic E-state index is 10.3. The maximum Gasteiger partial charge on any atom is 0.322 e. The highest BCUT2D eigenvalue weighted by molar-refractivity contribution is 5.73. The molecule has 2 unspecified atom stereocenters. The smallest absolute Gasteiger partial charge is 0.322 e. The van der Waals surface area contributed by atoms with Crippen LogP contribution in [0.4, 0.5) is 0 Å². The fourth-order valence-corrected chi connectivity index (χ4v) is 0.671. The Morgan fingerprint density at radius 3 is 2.62 bits per heavy atom. The molecule has 5 nitrogen and oxygen atoms in total.